The van der Waals surface area contributed by atoms with Gasteiger partial charge in [-0.15, -0.1) is 0 Å². The monoisotopic (exact) mass is 288 g/mol. The Morgan fingerprint density at radius 3 is 2.71 bits per heavy atom. The Balaban J connectivity index is 1.48. The Bertz CT molecular complexity index is 481. The molecule has 3 aliphatic carbocycles. The van der Waals surface area contributed by atoms with Crippen LogP contribution in [0.3, 0.4) is 0 Å². The van der Waals surface area contributed by atoms with Gasteiger partial charge in [-0.2, -0.15) is 5.10 Å². The van der Waals surface area contributed by atoms with Gasteiger partial charge in [0.25, 0.3) is 0 Å². The molecule has 0 saturated heterocycles. The summed E-state index contributed by atoms with van der Waals surface area (Å²) in [7, 11) is 0. The predicted molar refractivity (Wildman–Crippen MR) is 82.8 cm³/mol. The zero-order valence-corrected chi connectivity index (χ0v) is 13.3. The van der Waals surface area contributed by atoms with E-state index >= 15 is 0 Å². The van der Waals surface area contributed by atoms with Gasteiger partial charge in [-0.25, -0.2) is 4.98 Å². The van der Waals surface area contributed by atoms with Crippen molar-refractivity contribution >= 4 is 0 Å². The average molecular weight is 288 g/mol. The number of nitrogens with zero attached hydrogens (tertiary/aromatic N) is 3. The van der Waals surface area contributed by atoms with Gasteiger partial charge in [0.2, 0.25) is 0 Å². The van der Waals surface area contributed by atoms with Crippen LogP contribution in [-0.2, 0) is 13.0 Å². The molecule has 3 fully saturated rings. The third-order valence-electron chi connectivity index (χ3n) is 6.31. The highest BCUT2D eigenvalue weighted by molar-refractivity contribution is 5.16. The molecule has 0 aromatic carbocycles. The molecule has 0 spiro atoms. The van der Waals surface area contributed by atoms with Crippen molar-refractivity contribution in [2.24, 2.45) is 29.6 Å². The first-order valence-electron chi connectivity index (χ1n) is 8.93. The minimum atomic E-state index is 0.623. The lowest BCUT2D eigenvalue weighted by Gasteiger charge is -2.21. The summed E-state index contributed by atoms with van der Waals surface area (Å²) in [6.45, 7) is 6.48. The third kappa shape index (κ3) is 2.23. The second-order valence-electron chi connectivity index (χ2n) is 7.32. The molecule has 21 heavy (non-hydrogen) atoms. The standard InChI is InChI=1S/C17H28N4/c1-3-7-18-13(9-14-19-10-20-21(14)4-2)17-15-11-5-6-12(8-11)16(15)17/h10-13,15-18H,3-9H2,1-2H3. The molecule has 3 saturated carbocycles. The minimum Gasteiger partial charge on any atom is -0.313 e. The summed E-state index contributed by atoms with van der Waals surface area (Å²) in [6, 6.07) is 0.623. The second kappa shape index (κ2) is 5.38. The lowest BCUT2D eigenvalue weighted by atomic mass is 9.95. The van der Waals surface area contributed by atoms with Gasteiger partial charge in [-0.05, 0) is 68.7 Å². The highest BCUT2D eigenvalue weighted by atomic mass is 15.3. The number of nitrogens with one attached hydrogen (secondary N) is 1. The number of hydrogen-bond acceptors (Lipinski definition) is 3. The van der Waals surface area contributed by atoms with Crippen molar-refractivity contribution in [2.75, 3.05) is 6.54 Å². The molecule has 1 N–H and O–H groups in total. The summed E-state index contributed by atoms with van der Waals surface area (Å²) in [5.41, 5.74) is 0. The topological polar surface area (TPSA) is 42.7 Å². The van der Waals surface area contributed by atoms with Crippen LogP contribution in [0.1, 0.15) is 45.4 Å². The van der Waals surface area contributed by atoms with Crippen molar-refractivity contribution < 1.29 is 0 Å². The minimum absolute atomic E-state index is 0.623. The quantitative estimate of drug-likeness (QED) is 0.838. The van der Waals surface area contributed by atoms with E-state index in [1.54, 1.807) is 6.33 Å². The maximum Gasteiger partial charge on any atom is 0.138 e. The van der Waals surface area contributed by atoms with Gasteiger partial charge >= 0.3 is 0 Å². The number of hydrogen-bond donors (Lipinski definition) is 1. The third-order valence-corrected chi connectivity index (χ3v) is 6.31. The molecular formula is C17H28N4. The molecule has 116 valence electrons. The van der Waals surface area contributed by atoms with Gasteiger partial charge < -0.3 is 5.32 Å². The van der Waals surface area contributed by atoms with E-state index in [1.165, 1.54) is 31.5 Å². The van der Waals surface area contributed by atoms with Gasteiger partial charge in [0, 0.05) is 19.0 Å². The molecule has 1 aromatic heterocycles. The number of aryl methyl sites for hydroxylation is 1. The summed E-state index contributed by atoms with van der Waals surface area (Å²) in [5.74, 6) is 6.28. The number of rotatable bonds is 7. The lowest BCUT2D eigenvalue weighted by Crippen LogP contribution is -2.36. The van der Waals surface area contributed by atoms with Gasteiger partial charge in [0.15, 0.2) is 0 Å². The maximum absolute atomic E-state index is 4.50. The first-order chi connectivity index (χ1) is 10.3. The summed E-state index contributed by atoms with van der Waals surface area (Å²) in [5, 5.41) is 8.18. The SMILES string of the molecule is CCCNC(Cc1ncnn1CC)C1C2C3CCC(C3)C21. The van der Waals surface area contributed by atoms with Crippen LogP contribution in [0.5, 0.6) is 0 Å². The molecule has 5 atom stereocenters. The molecule has 1 aromatic rings. The van der Waals surface area contributed by atoms with Crippen LogP contribution < -0.4 is 5.32 Å². The molecule has 4 rings (SSSR count). The highest BCUT2D eigenvalue weighted by Crippen LogP contribution is 2.70. The summed E-state index contributed by atoms with van der Waals surface area (Å²) < 4.78 is 2.06. The van der Waals surface area contributed by atoms with Crippen LogP contribution in [0, 0.1) is 29.6 Å². The largest absolute Gasteiger partial charge is 0.313 e. The molecule has 0 aliphatic heterocycles. The normalized spacial score (nSPS) is 37.7. The molecule has 1 heterocycles. The first-order valence-corrected chi connectivity index (χ1v) is 8.93. The van der Waals surface area contributed by atoms with E-state index in [4.69, 9.17) is 0 Å². The molecule has 3 aliphatic rings. The first kappa shape index (κ1) is 13.7. The fraction of sp³-hybridized carbons (Fsp3) is 0.882. The maximum atomic E-state index is 4.50. The van der Waals surface area contributed by atoms with Crippen molar-refractivity contribution in [3.05, 3.63) is 12.2 Å². The number of aromatic nitrogens is 3. The molecule has 5 unspecified atom stereocenters. The smallest absolute Gasteiger partial charge is 0.138 e. The summed E-state index contributed by atoms with van der Waals surface area (Å²) in [6.07, 6.45) is 8.55. The van der Waals surface area contributed by atoms with Crippen LogP contribution in [0.2, 0.25) is 0 Å². The van der Waals surface area contributed by atoms with Crippen LogP contribution in [0.4, 0.5) is 0 Å². The van der Waals surface area contributed by atoms with Crippen LogP contribution in [0.15, 0.2) is 6.33 Å². The van der Waals surface area contributed by atoms with Gasteiger partial charge in [0.05, 0.1) is 0 Å². The Hall–Kier alpha value is -0.900. The van der Waals surface area contributed by atoms with E-state index in [1.807, 2.05) is 0 Å². The predicted octanol–water partition coefficient (Wildman–Crippen LogP) is 2.50. The average Bonchev–Trinajstić information content (AvgIpc) is 2.88. The molecule has 0 radical (unpaired) electrons. The van der Waals surface area contributed by atoms with Crippen molar-refractivity contribution in [3.8, 4) is 0 Å². The van der Waals surface area contributed by atoms with E-state index in [2.05, 4.69) is 33.9 Å². The Labute approximate surface area is 127 Å². The van der Waals surface area contributed by atoms with E-state index < -0.39 is 0 Å². The Morgan fingerprint density at radius 1 is 1.29 bits per heavy atom. The summed E-state index contributed by atoms with van der Waals surface area (Å²) in [4.78, 5) is 4.50. The van der Waals surface area contributed by atoms with E-state index in [0.717, 1.165) is 49.1 Å². The molecule has 4 heteroatoms. The van der Waals surface area contributed by atoms with Crippen molar-refractivity contribution in [1.29, 1.82) is 0 Å². The highest BCUT2D eigenvalue weighted by Gasteiger charge is 2.66. The molecule has 2 bridgehead atoms. The fourth-order valence-corrected chi connectivity index (χ4v) is 5.51. The van der Waals surface area contributed by atoms with Gasteiger partial charge in [0.1, 0.15) is 12.2 Å². The van der Waals surface area contributed by atoms with Crippen LogP contribution >= 0.6 is 0 Å². The zero-order chi connectivity index (χ0) is 14.4. The Morgan fingerprint density at radius 2 is 2.05 bits per heavy atom. The number of fused-ring (bicyclic) bond motifs is 5. The zero-order valence-electron chi connectivity index (χ0n) is 13.3. The molecule has 4 nitrogen and oxygen atoms in total. The van der Waals surface area contributed by atoms with Gasteiger partial charge in [-0.1, -0.05) is 6.92 Å². The van der Waals surface area contributed by atoms with Crippen LogP contribution in [-0.4, -0.2) is 27.4 Å². The fourth-order valence-electron chi connectivity index (χ4n) is 5.51. The van der Waals surface area contributed by atoms with E-state index in [0.29, 0.717) is 6.04 Å². The van der Waals surface area contributed by atoms with Crippen molar-refractivity contribution in [3.63, 3.8) is 0 Å². The summed E-state index contributed by atoms with van der Waals surface area (Å²) >= 11 is 0. The molecular weight excluding hydrogens is 260 g/mol. The van der Waals surface area contributed by atoms with E-state index in [9.17, 15) is 0 Å². The second-order valence-corrected chi connectivity index (χ2v) is 7.32. The van der Waals surface area contributed by atoms with E-state index in [-0.39, 0.29) is 0 Å². The van der Waals surface area contributed by atoms with Gasteiger partial charge in [-0.3, -0.25) is 4.68 Å². The lowest BCUT2D eigenvalue weighted by molar-refractivity contribution is 0.353. The van der Waals surface area contributed by atoms with Crippen molar-refractivity contribution in [1.82, 2.24) is 20.1 Å². The Kier molecular flexibility index (Phi) is 3.52. The van der Waals surface area contributed by atoms with Crippen molar-refractivity contribution in [2.45, 2.75) is 58.5 Å². The molecule has 0 amide bonds. The van der Waals surface area contributed by atoms with Crippen LogP contribution in [0.25, 0.3) is 0 Å².